The molecule has 0 radical (unpaired) electrons. The molecule has 0 amide bonds. The average molecular weight is 277 g/mol. The van der Waals surface area contributed by atoms with Crippen LogP contribution < -0.4 is 5.32 Å². The SMILES string of the molecule is CCC1(OC(CCNC)c2ccccc2)CC=CS1. The first-order valence-electron chi connectivity index (χ1n) is 7.00. The fourth-order valence-corrected chi connectivity index (χ4v) is 3.30. The van der Waals surface area contributed by atoms with E-state index < -0.39 is 0 Å². The fourth-order valence-electron chi connectivity index (χ4n) is 2.33. The van der Waals surface area contributed by atoms with E-state index in [0.29, 0.717) is 0 Å². The molecule has 0 aromatic heterocycles. The summed E-state index contributed by atoms with van der Waals surface area (Å²) >= 11 is 1.82. The Morgan fingerprint density at radius 2 is 2.16 bits per heavy atom. The lowest BCUT2D eigenvalue weighted by molar-refractivity contribution is -0.0389. The summed E-state index contributed by atoms with van der Waals surface area (Å²) < 4.78 is 6.50. The Morgan fingerprint density at radius 1 is 1.37 bits per heavy atom. The molecule has 2 nitrogen and oxygen atoms in total. The quantitative estimate of drug-likeness (QED) is 0.810. The number of hydrogen-bond acceptors (Lipinski definition) is 3. The summed E-state index contributed by atoms with van der Waals surface area (Å²) in [5, 5.41) is 5.39. The normalized spacial score (nSPS) is 23.7. The van der Waals surface area contributed by atoms with Crippen LogP contribution in [0.1, 0.15) is 37.9 Å². The lowest BCUT2D eigenvalue weighted by atomic mass is 10.1. The third kappa shape index (κ3) is 3.85. The summed E-state index contributed by atoms with van der Waals surface area (Å²) in [5.74, 6) is 0. The molecule has 0 aliphatic carbocycles. The van der Waals surface area contributed by atoms with E-state index in [9.17, 15) is 0 Å². The molecule has 19 heavy (non-hydrogen) atoms. The van der Waals surface area contributed by atoms with Crippen LogP contribution in [-0.4, -0.2) is 18.5 Å². The van der Waals surface area contributed by atoms with Gasteiger partial charge in [-0.3, -0.25) is 0 Å². The van der Waals surface area contributed by atoms with Gasteiger partial charge in [-0.2, -0.15) is 0 Å². The molecule has 2 rings (SSSR count). The number of benzene rings is 1. The van der Waals surface area contributed by atoms with Crippen molar-refractivity contribution in [3.05, 3.63) is 47.4 Å². The summed E-state index contributed by atoms with van der Waals surface area (Å²) in [6, 6.07) is 10.6. The lowest BCUT2D eigenvalue weighted by Gasteiger charge is -2.32. The van der Waals surface area contributed by atoms with E-state index in [1.54, 1.807) is 0 Å². The number of ether oxygens (including phenoxy) is 1. The number of thioether (sulfide) groups is 1. The third-order valence-electron chi connectivity index (χ3n) is 3.53. The second kappa shape index (κ2) is 7.13. The highest BCUT2D eigenvalue weighted by Crippen LogP contribution is 2.44. The van der Waals surface area contributed by atoms with Gasteiger partial charge in [0.2, 0.25) is 0 Å². The van der Waals surface area contributed by atoms with Crippen molar-refractivity contribution in [1.29, 1.82) is 0 Å². The zero-order valence-electron chi connectivity index (χ0n) is 11.8. The molecule has 0 fully saturated rings. The smallest absolute Gasteiger partial charge is 0.121 e. The molecule has 0 saturated heterocycles. The second-order valence-electron chi connectivity index (χ2n) is 4.87. The van der Waals surface area contributed by atoms with Gasteiger partial charge in [0, 0.05) is 6.42 Å². The van der Waals surface area contributed by atoms with Crippen molar-refractivity contribution in [2.24, 2.45) is 0 Å². The van der Waals surface area contributed by atoms with Crippen molar-refractivity contribution in [3.63, 3.8) is 0 Å². The van der Waals surface area contributed by atoms with Crippen molar-refractivity contribution >= 4 is 11.8 Å². The molecule has 0 saturated carbocycles. The Balaban J connectivity index is 2.09. The topological polar surface area (TPSA) is 21.3 Å². The third-order valence-corrected chi connectivity index (χ3v) is 4.84. The van der Waals surface area contributed by atoms with Gasteiger partial charge in [0.25, 0.3) is 0 Å². The first-order chi connectivity index (χ1) is 9.29. The molecule has 1 aliphatic heterocycles. The molecule has 0 bridgehead atoms. The van der Waals surface area contributed by atoms with Gasteiger partial charge in [-0.15, -0.1) is 0 Å². The maximum Gasteiger partial charge on any atom is 0.121 e. The predicted octanol–water partition coefficient (Wildman–Crippen LogP) is 4.11. The van der Waals surface area contributed by atoms with E-state index in [0.717, 1.165) is 25.8 Å². The van der Waals surface area contributed by atoms with Crippen molar-refractivity contribution in [3.8, 4) is 0 Å². The Hall–Kier alpha value is -0.770. The van der Waals surface area contributed by atoms with Crippen LogP contribution in [0.25, 0.3) is 0 Å². The van der Waals surface area contributed by atoms with E-state index >= 15 is 0 Å². The number of nitrogens with one attached hydrogen (secondary N) is 1. The number of rotatable bonds is 7. The minimum absolute atomic E-state index is 0.0613. The molecule has 1 heterocycles. The molecule has 3 heteroatoms. The lowest BCUT2D eigenvalue weighted by Crippen LogP contribution is -2.28. The first-order valence-corrected chi connectivity index (χ1v) is 7.88. The van der Waals surface area contributed by atoms with Crippen LogP contribution in [0.2, 0.25) is 0 Å². The zero-order chi connectivity index (χ0) is 13.6. The van der Waals surface area contributed by atoms with Crippen LogP contribution in [0.5, 0.6) is 0 Å². The summed E-state index contributed by atoms with van der Waals surface area (Å²) in [6.07, 6.45) is 5.43. The van der Waals surface area contributed by atoms with Crippen molar-refractivity contribution in [2.45, 2.75) is 37.2 Å². The standard InChI is InChI=1S/C16H23NOS/c1-3-16(11-7-13-19-16)18-15(10-12-17-2)14-8-5-4-6-9-14/h4-9,13,15,17H,3,10-12H2,1-2H3. The maximum atomic E-state index is 6.50. The molecule has 1 aliphatic rings. The molecule has 0 spiro atoms. The number of hydrogen-bond donors (Lipinski definition) is 1. The Labute approximate surface area is 120 Å². The van der Waals surface area contributed by atoms with Crippen LogP contribution in [0.3, 0.4) is 0 Å². The van der Waals surface area contributed by atoms with E-state index in [2.05, 4.69) is 54.1 Å². The second-order valence-corrected chi connectivity index (χ2v) is 6.12. The van der Waals surface area contributed by atoms with E-state index in [1.165, 1.54) is 5.56 Å². The van der Waals surface area contributed by atoms with Crippen LogP contribution in [0, 0.1) is 0 Å². The van der Waals surface area contributed by atoms with Crippen molar-refractivity contribution in [2.75, 3.05) is 13.6 Å². The molecule has 1 aromatic rings. The van der Waals surface area contributed by atoms with Gasteiger partial charge < -0.3 is 10.1 Å². The highest BCUT2D eigenvalue weighted by atomic mass is 32.2. The van der Waals surface area contributed by atoms with Gasteiger partial charge in [0.15, 0.2) is 0 Å². The largest absolute Gasteiger partial charge is 0.356 e. The van der Waals surface area contributed by atoms with Crippen LogP contribution >= 0.6 is 11.8 Å². The van der Waals surface area contributed by atoms with Gasteiger partial charge in [-0.1, -0.05) is 55.1 Å². The van der Waals surface area contributed by atoms with E-state index in [1.807, 2.05) is 18.8 Å². The molecule has 2 unspecified atom stereocenters. The Kier molecular flexibility index (Phi) is 5.49. The predicted molar refractivity (Wildman–Crippen MR) is 83.2 cm³/mol. The van der Waals surface area contributed by atoms with E-state index in [-0.39, 0.29) is 11.0 Å². The summed E-state index contributed by atoms with van der Waals surface area (Å²) in [6.45, 7) is 3.18. The van der Waals surface area contributed by atoms with Gasteiger partial charge in [-0.05, 0) is 37.4 Å². The summed E-state index contributed by atoms with van der Waals surface area (Å²) in [4.78, 5) is -0.0613. The minimum atomic E-state index is -0.0613. The molecule has 2 atom stereocenters. The van der Waals surface area contributed by atoms with Crippen molar-refractivity contribution in [1.82, 2.24) is 5.32 Å². The minimum Gasteiger partial charge on any atom is -0.356 e. The average Bonchev–Trinajstić information content (AvgIpc) is 2.93. The highest BCUT2D eigenvalue weighted by Gasteiger charge is 2.34. The zero-order valence-corrected chi connectivity index (χ0v) is 12.6. The van der Waals surface area contributed by atoms with Gasteiger partial charge in [-0.25, -0.2) is 0 Å². The van der Waals surface area contributed by atoms with Crippen LogP contribution in [-0.2, 0) is 4.74 Å². The molecular formula is C16H23NOS. The maximum absolute atomic E-state index is 6.50. The highest BCUT2D eigenvalue weighted by molar-refractivity contribution is 8.03. The van der Waals surface area contributed by atoms with Gasteiger partial charge in [0.05, 0.1) is 6.10 Å². The first kappa shape index (κ1) is 14.6. The summed E-state index contributed by atoms with van der Waals surface area (Å²) in [7, 11) is 1.99. The Bertz CT molecular complexity index is 396. The van der Waals surface area contributed by atoms with Gasteiger partial charge >= 0.3 is 0 Å². The molecule has 1 aromatic carbocycles. The van der Waals surface area contributed by atoms with E-state index in [4.69, 9.17) is 4.74 Å². The molecule has 104 valence electrons. The summed E-state index contributed by atoms with van der Waals surface area (Å²) in [5.41, 5.74) is 1.28. The van der Waals surface area contributed by atoms with Gasteiger partial charge in [0.1, 0.15) is 4.93 Å². The monoisotopic (exact) mass is 277 g/mol. The fraction of sp³-hybridized carbons (Fsp3) is 0.500. The van der Waals surface area contributed by atoms with Crippen LogP contribution in [0.4, 0.5) is 0 Å². The molecule has 1 N–H and O–H groups in total. The molecular weight excluding hydrogens is 254 g/mol. The van der Waals surface area contributed by atoms with Crippen LogP contribution in [0.15, 0.2) is 41.8 Å². The Morgan fingerprint density at radius 3 is 2.74 bits per heavy atom. The van der Waals surface area contributed by atoms with Crippen molar-refractivity contribution < 1.29 is 4.74 Å².